The highest BCUT2D eigenvalue weighted by atomic mass is 32.2. The van der Waals surface area contributed by atoms with Crippen LogP contribution < -0.4 is 0 Å². The lowest BCUT2D eigenvalue weighted by molar-refractivity contribution is -0.265. The average Bonchev–Trinajstić information content (AvgIpc) is 2.20. The second-order valence-electron chi connectivity index (χ2n) is 7.02. The van der Waals surface area contributed by atoms with E-state index in [9.17, 15) is 32.2 Å². The van der Waals surface area contributed by atoms with E-state index in [2.05, 4.69) is 0 Å². The molecule has 0 aromatic heterocycles. The molecular weight excluding hydrogens is 326 g/mol. The topological polar surface area (TPSA) is 121 Å². The molecule has 2 atom stereocenters. The van der Waals surface area contributed by atoms with E-state index in [4.69, 9.17) is 9.29 Å². The molecule has 0 aromatic rings. The molecule has 126 valence electrons. The van der Waals surface area contributed by atoms with Crippen LogP contribution in [0.15, 0.2) is 0 Å². The van der Waals surface area contributed by atoms with Crippen LogP contribution in [0.1, 0.15) is 38.5 Å². The van der Waals surface area contributed by atoms with Gasteiger partial charge in [-0.2, -0.15) is 17.2 Å². The molecule has 4 bridgehead atoms. The second-order valence-corrected chi connectivity index (χ2v) is 8.48. The smallest absolute Gasteiger partial charge is 0.453 e. The van der Waals surface area contributed by atoms with Crippen LogP contribution in [-0.2, 0) is 19.6 Å². The van der Waals surface area contributed by atoms with E-state index in [1.807, 2.05) is 0 Å². The fourth-order valence-electron chi connectivity index (χ4n) is 4.72. The highest BCUT2D eigenvalue weighted by Gasteiger charge is 2.66. The summed E-state index contributed by atoms with van der Waals surface area (Å²) < 4.78 is 61.1. The molecule has 4 fully saturated rings. The Hall–Kier alpha value is -0.840. The second kappa shape index (κ2) is 4.16. The zero-order chi connectivity index (χ0) is 16.6. The summed E-state index contributed by atoms with van der Waals surface area (Å²) >= 11 is 0. The van der Waals surface area contributed by atoms with Crippen LogP contribution in [0.4, 0.5) is 8.78 Å². The first-order valence-corrected chi connectivity index (χ1v) is 8.25. The van der Waals surface area contributed by atoms with Crippen molar-refractivity contribution in [1.29, 1.82) is 0 Å². The molecule has 4 aliphatic carbocycles. The number of carbonyl (C=O) groups excluding carboxylic acids is 1. The molecule has 0 amide bonds. The molecule has 0 aromatic carbocycles. The Morgan fingerprint density at radius 1 is 1.09 bits per heavy atom. The number of aliphatic hydroxyl groups is 2. The molecule has 4 rings (SSSR count). The third-order valence-electron chi connectivity index (χ3n) is 4.83. The largest absolute Gasteiger partial charge is 0.465 e. The van der Waals surface area contributed by atoms with Gasteiger partial charge in [0, 0.05) is 19.3 Å². The normalized spacial score (nSPS) is 44.1. The number of rotatable bonds is 3. The summed E-state index contributed by atoms with van der Waals surface area (Å²) in [6.45, 7) is 0. The van der Waals surface area contributed by atoms with Gasteiger partial charge in [-0.1, -0.05) is 0 Å². The summed E-state index contributed by atoms with van der Waals surface area (Å²) in [6.07, 6.45) is 0.736. The molecule has 0 spiro atoms. The Morgan fingerprint density at radius 2 is 1.59 bits per heavy atom. The van der Waals surface area contributed by atoms with Gasteiger partial charge in [0.05, 0.1) is 11.2 Å². The number of carbonyl (C=O) groups is 1. The Balaban J connectivity index is 1.88. The van der Waals surface area contributed by atoms with Crippen LogP contribution in [0.3, 0.4) is 0 Å². The predicted octanol–water partition coefficient (Wildman–Crippen LogP) is 0.209. The summed E-state index contributed by atoms with van der Waals surface area (Å²) in [5, 5.41) is 15.7. The van der Waals surface area contributed by atoms with E-state index in [-0.39, 0.29) is 31.6 Å². The zero-order valence-electron chi connectivity index (χ0n) is 11.5. The standard InChI is InChI=1S/C12H16F2O7S/c13-12(14,22(18,19)20)8(15)21-11-3-7-1-9(16,5-11)4-10(17,2-7)6-11/h7,16-17H,1-6H2,(H,18,19,20). The molecule has 0 heterocycles. The van der Waals surface area contributed by atoms with Crippen LogP contribution in [0.5, 0.6) is 0 Å². The Kier molecular flexibility index (Phi) is 3.03. The van der Waals surface area contributed by atoms with E-state index >= 15 is 0 Å². The maximum atomic E-state index is 13.4. The molecular formula is C12H16F2O7S. The van der Waals surface area contributed by atoms with Crippen molar-refractivity contribution in [3.8, 4) is 0 Å². The maximum absolute atomic E-state index is 13.4. The van der Waals surface area contributed by atoms with Gasteiger partial charge in [0.25, 0.3) is 0 Å². The molecule has 0 saturated heterocycles. The summed E-state index contributed by atoms with van der Waals surface area (Å²) in [5.41, 5.74) is -4.17. The van der Waals surface area contributed by atoms with E-state index < -0.39 is 38.1 Å². The zero-order valence-corrected chi connectivity index (χ0v) is 12.3. The van der Waals surface area contributed by atoms with Crippen LogP contribution in [0, 0.1) is 5.92 Å². The van der Waals surface area contributed by atoms with Crippen LogP contribution >= 0.6 is 0 Å². The molecule has 4 saturated carbocycles. The predicted molar refractivity (Wildman–Crippen MR) is 66.4 cm³/mol. The number of hydrogen-bond donors (Lipinski definition) is 3. The SMILES string of the molecule is O=C(OC12CC3CC(O)(CC(O)(C3)C1)C2)C(F)(F)S(=O)(=O)O. The van der Waals surface area contributed by atoms with E-state index in [1.54, 1.807) is 0 Å². The van der Waals surface area contributed by atoms with Gasteiger partial charge in [-0.3, -0.25) is 4.55 Å². The molecule has 10 heteroatoms. The highest BCUT2D eigenvalue weighted by molar-refractivity contribution is 7.87. The molecule has 0 radical (unpaired) electrons. The van der Waals surface area contributed by atoms with Crippen LogP contribution in [-0.4, -0.2) is 51.2 Å². The number of halogens is 2. The van der Waals surface area contributed by atoms with Crippen LogP contribution in [0.25, 0.3) is 0 Å². The van der Waals surface area contributed by atoms with Gasteiger partial charge in [-0.05, 0) is 25.2 Å². The Labute approximate surface area is 125 Å². The van der Waals surface area contributed by atoms with Crippen molar-refractivity contribution < 1.29 is 41.5 Å². The van der Waals surface area contributed by atoms with Crippen molar-refractivity contribution >= 4 is 16.1 Å². The highest BCUT2D eigenvalue weighted by Crippen LogP contribution is 2.60. The maximum Gasteiger partial charge on any atom is 0.465 e. The lowest BCUT2D eigenvalue weighted by Crippen LogP contribution is -2.67. The summed E-state index contributed by atoms with van der Waals surface area (Å²) in [4.78, 5) is 11.5. The van der Waals surface area contributed by atoms with Crippen molar-refractivity contribution in [3.63, 3.8) is 0 Å². The van der Waals surface area contributed by atoms with Gasteiger partial charge in [-0.25, -0.2) is 4.79 Å². The Bertz CT molecular complexity index is 613. The van der Waals surface area contributed by atoms with Gasteiger partial charge < -0.3 is 14.9 Å². The fraction of sp³-hybridized carbons (Fsp3) is 0.917. The first kappa shape index (κ1) is 16.0. The Morgan fingerprint density at radius 3 is 2.00 bits per heavy atom. The average molecular weight is 342 g/mol. The number of alkyl halides is 2. The summed E-state index contributed by atoms with van der Waals surface area (Å²) in [7, 11) is -5.95. The minimum Gasteiger partial charge on any atom is -0.453 e. The van der Waals surface area contributed by atoms with Crippen molar-refractivity contribution in [2.75, 3.05) is 0 Å². The monoisotopic (exact) mass is 342 g/mol. The van der Waals surface area contributed by atoms with Gasteiger partial charge in [0.1, 0.15) is 5.60 Å². The minimum atomic E-state index is -5.95. The molecule has 2 unspecified atom stereocenters. The minimum absolute atomic E-state index is 0.0739. The third-order valence-corrected chi connectivity index (χ3v) is 5.64. The van der Waals surface area contributed by atoms with Crippen molar-refractivity contribution in [1.82, 2.24) is 0 Å². The van der Waals surface area contributed by atoms with Crippen LogP contribution in [0.2, 0.25) is 0 Å². The third kappa shape index (κ3) is 2.32. The van der Waals surface area contributed by atoms with Crippen molar-refractivity contribution in [3.05, 3.63) is 0 Å². The molecule has 0 aliphatic heterocycles. The molecule has 3 N–H and O–H groups in total. The van der Waals surface area contributed by atoms with E-state index in [1.165, 1.54) is 0 Å². The molecule has 4 aliphatic rings. The van der Waals surface area contributed by atoms with Gasteiger partial charge in [-0.15, -0.1) is 0 Å². The van der Waals surface area contributed by atoms with E-state index in [0.717, 1.165) is 0 Å². The first-order valence-electron chi connectivity index (χ1n) is 6.81. The molecule has 7 nitrogen and oxygen atoms in total. The lowest BCUT2D eigenvalue weighted by atomic mass is 9.50. The van der Waals surface area contributed by atoms with Crippen molar-refractivity contribution in [2.24, 2.45) is 5.92 Å². The van der Waals surface area contributed by atoms with Crippen molar-refractivity contribution in [2.45, 2.75) is 60.6 Å². The van der Waals surface area contributed by atoms with Gasteiger partial charge in [0.2, 0.25) is 0 Å². The lowest BCUT2D eigenvalue weighted by Gasteiger charge is -2.62. The number of hydrogen-bond acceptors (Lipinski definition) is 6. The molecule has 22 heavy (non-hydrogen) atoms. The van der Waals surface area contributed by atoms with Gasteiger partial charge in [0.15, 0.2) is 0 Å². The quantitative estimate of drug-likeness (QED) is 0.495. The summed E-state index contributed by atoms with van der Waals surface area (Å²) in [5.74, 6) is -2.58. The summed E-state index contributed by atoms with van der Waals surface area (Å²) in [6, 6.07) is 0. The first-order chi connectivity index (χ1) is 9.78. The number of esters is 1. The fourth-order valence-corrected chi connectivity index (χ4v) is 4.98. The van der Waals surface area contributed by atoms with E-state index in [0.29, 0.717) is 12.8 Å². The number of ether oxygens (including phenoxy) is 1. The van der Waals surface area contributed by atoms with Gasteiger partial charge >= 0.3 is 21.3 Å².